The number of hydrogen-bond acceptors (Lipinski definition) is 3. The van der Waals surface area contributed by atoms with Crippen molar-refractivity contribution in [3.63, 3.8) is 0 Å². The van der Waals surface area contributed by atoms with Gasteiger partial charge in [0.05, 0.1) is 12.8 Å². The number of benzene rings is 1. The Morgan fingerprint density at radius 1 is 1.39 bits per heavy atom. The lowest BCUT2D eigenvalue weighted by Crippen LogP contribution is -2.30. The molecule has 98 valence electrons. The van der Waals surface area contributed by atoms with Crippen LogP contribution in [0.25, 0.3) is 0 Å². The van der Waals surface area contributed by atoms with Crippen molar-refractivity contribution in [1.29, 1.82) is 0 Å². The maximum atomic E-state index is 12.0. The minimum atomic E-state index is 0.0754. The summed E-state index contributed by atoms with van der Waals surface area (Å²) in [5, 5.41) is 6.23. The summed E-state index contributed by atoms with van der Waals surface area (Å²) in [6.45, 7) is 2.04. The molecule has 1 heterocycles. The first-order chi connectivity index (χ1) is 8.79. The van der Waals surface area contributed by atoms with Crippen LogP contribution in [-0.4, -0.2) is 26.1 Å². The standard InChI is InChI=1S/C14H20N2O2/c1-18-13-5-3-2-4-12(13)16-14(17)10-11-6-8-15-9-7-11/h2-5,11,15H,6-10H2,1H3,(H,16,17). The van der Waals surface area contributed by atoms with E-state index in [0.717, 1.165) is 31.6 Å². The molecule has 1 aromatic rings. The van der Waals surface area contributed by atoms with Crippen LogP contribution in [0, 0.1) is 5.92 Å². The number of ether oxygens (including phenoxy) is 1. The highest BCUT2D eigenvalue weighted by Gasteiger charge is 2.17. The lowest BCUT2D eigenvalue weighted by molar-refractivity contribution is -0.117. The molecule has 4 heteroatoms. The molecule has 0 aromatic heterocycles. The average Bonchev–Trinajstić information content (AvgIpc) is 2.40. The predicted octanol–water partition coefficient (Wildman–Crippen LogP) is 2.02. The Morgan fingerprint density at radius 3 is 2.83 bits per heavy atom. The largest absolute Gasteiger partial charge is 0.495 e. The summed E-state index contributed by atoms with van der Waals surface area (Å²) in [5.41, 5.74) is 0.749. The molecule has 0 bridgehead atoms. The second kappa shape index (κ2) is 6.40. The van der Waals surface area contributed by atoms with E-state index >= 15 is 0 Å². The molecule has 1 aliphatic rings. The number of anilines is 1. The zero-order valence-electron chi connectivity index (χ0n) is 10.7. The number of methoxy groups -OCH3 is 1. The van der Waals surface area contributed by atoms with Crippen molar-refractivity contribution < 1.29 is 9.53 Å². The van der Waals surface area contributed by atoms with E-state index in [1.54, 1.807) is 7.11 Å². The molecular weight excluding hydrogens is 228 g/mol. The molecule has 1 fully saturated rings. The third-order valence-corrected chi connectivity index (χ3v) is 3.31. The molecule has 0 saturated carbocycles. The fourth-order valence-corrected chi connectivity index (χ4v) is 2.30. The maximum Gasteiger partial charge on any atom is 0.224 e. The van der Waals surface area contributed by atoms with Gasteiger partial charge >= 0.3 is 0 Å². The van der Waals surface area contributed by atoms with E-state index in [-0.39, 0.29) is 5.91 Å². The number of carbonyl (C=O) groups excluding carboxylic acids is 1. The monoisotopic (exact) mass is 248 g/mol. The van der Waals surface area contributed by atoms with Crippen LogP contribution < -0.4 is 15.4 Å². The van der Waals surface area contributed by atoms with Gasteiger partial charge in [0.2, 0.25) is 5.91 Å². The van der Waals surface area contributed by atoms with Gasteiger partial charge in [-0.3, -0.25) is 4.79 Å². The van der Waals surface area contributed by atoms with Crippen molar-refractivity contribution in [1.82, 2.24) is 5.32 Å². The fourth-order valence-electron chi connectivity index (χ4n) is 2.30. The zero-order valence-corrected chi connectivity index (χ0v) is 10.7. The van der Waals surface area contributed by atoms with Crippen LogP contribution in [0.3, 0.4) is 0 Å². The minimum Gasteiger partial charge on any atom is -0.495 e. The van der Waals surface area contributed by atoms with Crippen LogP contribution in [0.1, 0.15) is 19.3 Å². The van der Waals surface area contributed by atoms with Gasteiger partial charge in [-0.25, -0.2) is 0 Å². The van der Waals surface area contributed by atoms with Crippen LogP contribution in [0.15, 0.2) is 24.3 Å². The molecule has 0 radical (unpaired) electrons. The average molecular weight is 248 g/mol. The van der Waals surface area contributed by atoms with Crippen molar-refractivity contribution in [2.45, 2.75) is 19.3 Å². The van der Waals surface area contributed by atoms with E-state index in [2.05, 4.69) is 10.6 Å². The first kappa shape index (κ1) is 12.9. The van der Waals surface area contributed by atoms with Gasteiger partial charge in [-0.15, -0.1) is 0 Å². The molecule has 1 saturated heterocycles. The summed E-state index contributed by atoms with van der Waals surface area (Å²) in [6, 6.07) is 7.49. The first-order valence-corrected chi connectivity index (χ1v) is 6.43. The van der Waals surface area contributed by atoms with Gasteiger partial charge in [0.25, 0.3) is 0 Å². The quantitative estimate of drug-likeness (QED) is 0.857. The van der Waals surface area contributed by atoms with Gasteiger partial charge in [-0.05, 0) is 44.0 Å². The summed E-state index contributed by atoms with van der Waals surface area (Å²) in [7, 11) is 1.61. The molecule has 0 aliphatic carbocycles. The van der Waals surface area contributed by atoms with E-state index in [0.29, 0.717) is 18.1 Å². The van der Waals surface area contributed by atoms with Crippen molar-refractivity contribution >= 4 is 11.6 Å². The fraction of sp³-hybridized carbons (Fsp3) is 0.500. The molecule has 1 amide bonds. The SMILES string of the molecule is COc1ccccc1NC(=O)CC1CCNCC1. The molecule has 0 unspecified atom stereocenters. The molecule has 4 nitrogen and oxygen atoms in total. The van der Waals surface area contributed by atoms with Gasteiger partial charge in [0, 0.05) is 6.42 Å². The molecule has 2 rings (SSSR count). The molecule has 18 heavy (non-hydrogen) atoms. The first-order valence-electron chi connectivity index (χ1n) is 6.43. The third kappa shape index (κ3) is 3.47. The number of nitrogens with one attached hydrogen (secondary N) is 2. The third-order valence-electron chi connectivity index (χ3n) is 3.31. The van der Waals surface area contributed by atoms with Gasteiger partial charge in [0.15, 0.2) is 0 Å². The van der Waals surface area contributed by atoms with Crippen molar-refractivity contribution in [3.8, 4) is 5.75 Å². The Bertz CT molecular complexity index is 401. The zero-order chi connectivity index (χ0) is 12.8. The molecule has 0 spiro atoms. The molecule has 0 atom stereocenters. The molecule has 2 N–H and O–H groups in total. The van der Waals surface area contributed by atoms with Crippen molar-refractivity contribution in [2.75, 3.05) is 25.5 Å². The van der Waals surface area contributed by atoms with Crippen LogP contribution in [0.2, 0.25) is 0 Å². The van der Waals surface area contributed by atoms with Crippen molar-refractivity contribution in [3.05, 3.63) is 24.3 Å². The predicted molar refractivity (Wildman–Crippen MR) is 71.8 cm³/mol. The molecular formula is C14H20N2O2. The summed E-state index contributed by atoms with van der Waals surface area (Å²) in [4.78, 5) is 12.0. The number of carbonyl (C=O) groups is 1. The minimum absolute atomic E-state index is 0.0754. The van der Waals surface area contributed by atoms with E-state index in [1.165, 1.54) is 0 Å². The highest BCUT2D eigenvalue weighted by Crippen LogP contribution is 2.24. The Kier molecular flexibility index (Phi) is 4.59. The van der Waals surface area contributed by atoms with E-state index in [9.17, 15) is 4.79 Å². The lowest BCUT2D eigenvalue weighted by Gasteiger charge is -2.22. The second-order valence-electron chi connectivity index (χ2n) is 4.65. The molecule has 1 aromatic carbocycles. The Morgan fingerprint density at radius 2 is 2.11 bits per heavy atom. The maximum absolute atomic E-state index is 12.0. The summed E-state index contributed by atoms with van der Waals surface area (Å²) in [6.07, 6.45) is 2.76. The highest BCUT2D eigenvalue weighted by atomic mass is 16.5. The number of para-hydroxylation sites is 2. The van der Waals surface area contributed by atoms with Gasteiger partial charge in [-0.2, -0.15) is 0 Å². The van der Waals surface area contributed by atoms with Crippen LogP contribution >= 0.6 is 0 Å². The smallest absolute Gasteiger partial charge is 0.224 e. The van der Waals surface area contributed by atoms with Gasteiger partial charge < -0.3 is 15.4 Å². The van der Waals surface area contributed by atoms with Crippen LogP contribution in [0.5, 0.6) is 5.75 Å². The van der Waals surface area contributed by atoms with Gasteiger partial charge in [-0.1, -0.05) is 12.1 Å². The molecule has 1 aliphatic heterocycles. The summed E-state index contributed by atoms with van der Waals surface area (Å²) >= 11 is 0. The number of amides is 1. The Balaban J connectivity index is 1.90. The van der Waals surface area contributed by atoms with Crippen LogP contribution in [-0.2, 0) is 4.79 Å². The van der Waals surface area contributed by atoms with E-state index in [1.807, 2.05) is 24.3 Å². The van der Waals surface area contributed by atoms with Crippen molar-refractivity contribution in [2.24, 2.45) is 5.92 Å². The Hall–Kier alpha value is -1.55. The second-order valence-corrected chi connectivity index (χ2v) is 4.65. The van der Waals surface area contributed by atoms with E-state index < -0.39 is 0 Å². The Labute approximate surface area is 108 Å². The highest BCUT2D eigenvalue weighted by molar-refractivity contribution is 5.92. The normalized spacial score (nSPS) is 16.3. The summed E-state index contributed by atoms with van der Waals surface area (Å²) in [5.74, 6) is 1.28. The topological polar surface area (TPSA) is 50.4 Å². The summed E-state index contributed by atoms with van der Waals surface area (Å²) < 4.78 is 5.21. The number of rotatable bonds is 4. The van der Waals surface area contributed by atoms with Gasteiger partial charge in [0.1, 0.15) is 5.75 Å². The lowest BCUT2D eigenvalue weighted by atomic mass is 9.94. The van der Waals surface area contributed by atoms with Crippen LogP contribution in [0.4, 0.5) is 5.69 Å². The number of piperidine rings is 1. The number of hydrogen-bond donors (Lipinski definition) is 2. The van der Waals surface area contributed by atoms with E-state index in [4.69, 9.17) is 4.74 Å².